The van der Waals surface area contributed by atoms with Crippen molar-refractivity contribution in [1.82, 2.24) is 14.7 Å². The maximum absolute atomic E-state index is 13.1. The van der Waals surface area contributed by atoms with Gasteiger partial charge < -0.3 is 4.90 Å². The summed E-state index contributed by atoms with van der Waals surface area (Å²) in [5.41, 5.74) is 0.945. The largest absolute Gasteiger partial charge is 0.342 e. The zero-order valence-electron chi connectivity index (χ0n) is 13.9. The summed E-state index contributed by atoms with van der Waals surface area (Å²) >= 11 is 6.09. The fourth-order valence-electron chi connectivity index (χ4n) is 2.86. The molecule has 2 rings (SSSR count). The van der Waals surface area contributed by atoms with Crippen molar-refractivity contribution in [2.24, 2.45) is 0 Å². The Morgan fingerprint density at radius 1 is 1.17 bits per heavy atom. The lowest BCUT2D eigenvalue weighted by Crippen LogP contribution is -2.49. The minimum Gasteiger partial charge on any atom is -0.342 e. The van der Waals surface area contributed by atoms with Crippen LogP contribution in [0.2, 0.25) is 5.02 Å². The molecule has 1 saturated heterocycles. The molecule has 6 heteroatoms. The molecule has 128 valence electrons. The molecule has 1 heterocycles. The highest BCUT2D eigenvalue weighted by molar-refractivity contribution is 6.31. The first-order valence-corrected chi connectivity index (χ1v) is 8.57. The fraction of sp³-hybridized carbons (Fsp3) is 0.588. The molecular formula is C17H25ClFN3O. The minimum absolute atomic E-state index is 0.199. The van der Waals surface area contributed by atoms with Crippen molar-refractivity contribution in [1.29, 1.82) is 0 Å². The summed E-state index contributed by atoms with van der Waals surface area (Å²) in [5, 5.41) is 0.476. The molecule has 1 aliphatic rings. The Bertz CT molecular complexity index is 529. The standard InChI is InChI=1S/C17H25ClFN3O/c1-3-22(4-2)17(23)13-21-9-7-20(8-10-21)12-14-5-6-15(19)11-16(14)18/h5-6,11H,3-4,7-10,12-13H2,1-2H3. The Labute approximate surface area is 142 Å². The third-order valence-electron chi connectivity index (χ3n) is 4.35. The zero-order chi connectivity index (χ0) is 16.8. The molecule has 0 saturated carbocycles. The molecule has 1 amide bonds. The smallest absolute Gasteiger partial charge is 0.236 e. The topological polar surface area (TPSA) is 26.8 Å². The average Bonchev–Trinajstić information content (AvgIpc) is 2.53. The summed E-state index contributed by atoms with van der Waals surface area (Å²) in [6, 6.07) is 4.55. The number of halogens is 2. The van der Waals surface area contributed by atoms with Crippen LogP contribution >= 0.6 is 11.6 Å². The van der Waals surface area contributed by atoms with Crippen LogP contribution < -0.4 is 0 Å². The van der Waals surface area contributed by atoms with Gasteiger partial charge in [0.1, 0.15) is 5.82 Å². The molecule has 1 aromatic rings. The number of amides is 1. The molecule has 0 N–H and O–H groups in total. The Balaban J connectivity index is 1.81. The lowest BCUT2D eigenvalue weighted by molar-refractivity contribution is -0.132. The summed E-state index contributed by atoms with van der Waals surface area (Å²) in [5.74, 6) is -0.108. The van der Waals surface area contributed by atoms with Crippen LogP contribution in [0.25, 0.3) is 0 Å². The molecule has 0 atom stereocenters. The van der Waals surface area contributed by atoms with Gasteiger partial charge in [0.05, 0.1) is 6.54 Å². The summed E-state index contributed by atoms with van der Waals surface area (Å²) in [6.07, 6.45) is 0. The van der Waals surface area contributed by atoms with Crippen LogP contribution in [0, 0.1) is 5.82 Å². The third kappa shape index (κ3) is 5.16. The van der Waals surface area contributed by atoms with E-state index in [2.05, 4.69) is 9.80 Å². The van der Waals surface area contributed by atoms with Crippen LogP contribution in [0.5, 0.6) is 0 Å². The maximum Gasteiger partial charge on any atom is 0.236 e. The van der Waals surface area contributed by atoms with Crippen LogP contribution in [0.3, 0.4) is 0 Å². The van der Waals surface area contributed by atoms with Crippen molar-refractivity contribution in [2.75, 3.05) is 45.8 Å². The van der Waals surface area contributed by atoms with Crippen LogP contribution in [-0.4, -0.2) is 66.4 Å². The maximum atomic E-state index is 13.1. The summed E-state index contributed by atoms with van der Waals surface area (Å²) in [6.45, 7) is 10.3. The lowest BCUT2D eigenvalue weighted by atomic mass is 10.2. The van der Waals surface area contributed by atoms with Gasteiger partial charge in [0.25, 0.3) is 0 Å². The van der Waals surface area contributed by atoms with E-state index in [1.165, 1.54) is 12.1 Å². The van der Waals surface area contributed by atoms with Crippen molar-refractivity contribution in [3.8, 4) is 0 Å². The van der Waals surface area contributed by atoms with Crippen molar-refractivity contribution in [3.63, 3.8) is 0 Å². The van der Waals surface area contributed by atoms with Gasteiger partial charge >= 0.3 is 0 Å². The van der Waals surface area contributed by atoms with Gasteiger partial charge in [0.2, 0.25) is 5.91 Å². The van der Waals surface area contributed by atoms with Crippen LogP contribution in [0.1, 0.15) is 19.4 Å². The average molecular weight is 342 g/mol. The molecule has 23 heavy (non-hydrogen) atoms. The number of nitrogens with zero attached hydrogens (tertiary/aromatic N) is 3. The molecule has 0 aromatic heterocycles. The number of benzene rings is 1. The van der Waals surface area contributed by atoms with Crippen molar-refractivity contribution in [2.45, 2.75) is 20.4 Å². The molecule has 0 unspecified atom stereocenters. The lowest BCUT2D eigenvalue weighted by Gasteiger charge is -2.35. The Kier molecular flexibility index (Phi) is 6.81. The van der Waals surface area contributed by atoms with Crippen LogP contribution in [-0.2, 0) is 11.3 Å². The van der Waals surface area contributed by atoms with Gasteiger partial charge in [-0.15, -0.1) is 0 Å². The van der Waals surface area contributed by atoms with Gasteiger partial charge in [-0.1, -0.05) is 17.7 Å². The van der Waals surface area contributed by atoms with E-state index in [-0.39, 0.29) is 11.7 Å². The number of piperazine rings is 1. The summed E-state index contributed by atoms with van der Waals surface area (Å²) < 4.78 is 13.1. The predicted octanol–water partition coefficient (Wildman–Crippen LogP) is 2.47. The molecule has 0 bridgehead atoms. The highest BCUT2D eigenvalue weighted by Crippen LogP contribution is 2.19. The number of likely N-dealkylation sites (N-methyl/N-ethyl adjacent to an activating group) is 1. The fourth-order valence-corrected chi connectivity index (χ4v) is 3.09. The third-order valence-corrected chi connectivity index (χ3v) is 4.70. The molecule has 4 nitrogen and oxygen atoms in total. The SMILES string of the molecule is CCN(CC)C(=O)CN1CCN(Cc2ccc(F)cc2Cl)CC1. The molecular weight excluding hydrogens is 317 g/mol. The van der Waals surface area contributed by atoms with E-state index in [0.29, 0.717) is 11.6 Å². The van der Waals surface area contributed by atoms with Gasteiger partial charge in [-0.2, -0.15) is 0 Å². The highest BCUT2D eigenvalue weighted by Gasteiger charge is 2.21. The summed E-state index contributed by atoms with van der Waals surface area (Å²) in [7, 11) is 0. The van der Waals surface area contributed by atoms with Gasteiger partial charge in [-0.25, -0.2) is 4.39 Å². The molecule has 0 radical (unpaired) electrons. The first kappa shape index (κ1) is 18.2. The van der Waals surface area contributed by atoms with E-state index < -0.39 is 0 Å². The number of hydrogen-bond donors (Lipinski definition) is 0. The van der Waals surface area contributed by atoms with E-state index in [0.717, 1.165) is 51.4 Å². The van der Waals surface area contributed by atoms with Crippen molar-refractivity contribution < 1.29 is 9.18 Å². The first-order valence-electron chi connectivity index (χ1n) is 8.19. The quantitative estimate of drug-likeness (QED) is 0.795. The van der Waals surface area contributed by atoms with E-state index in [4.69, 9.17) is 11.6 Å². The minimum atomic E-state index is -0.307. The van der Waals surface area contributed by atoms with Gasteiger partial charge in [0.15, 0.2) is 0 Å². The number of carbonyl (C=O) groups excluding carboxylic acids is 1. The Hall–Kier alpha value is -1.17. The van der Waals surface area contributed by atoms with Crippen LogP contribution in [0.4, 0.5) is 4.39 Å². The van der Waals surface area contributed by atoms with Gasteiger partial charge in [0, 0.05) is 50.8 Å². The molecule has 1 fully saturated rings. The zero-order valence-corrected chi connectivity index (χ0v) is 14.7. The number of carbonyl (C=O) groups is 1. The Morgan fingerprint density at radius 2 is 1.78 bits per heavy atom. The monoisotopic (exact) mass is 341 g/mol. The van der Waals surface area contributed by atoms with E-state index in [9.17, 15) is 9.18 Å². The second-order valence-electron chi connectivity index (χ2n) is 5.85. The molecule has 0 spiro atoms. The molecule has 1 aromatic carbocycles. The molecule has 1 aliphatic heterocycles. The van der Waals surface area contributed by atoms with Crippen molar-refractivity contribution >= 4 is 17.5 Å². The predicted molar refractivity (Wildman–Crippen MR) is 91.1 cm³/mol. The van der Waals surface area contributed by atoms with Crippen molar-refractivity contribution in [3.05, 3.63) is 34.6 Å². The highest BCUT2D eigenvalue weighted by atomic mass is 35.5. The summed E-state index contributed by atoms with van der Waals surface area (Å²) in [4.78, 5) is 18.5. The first-order chi connectivity index (χ1) is 11.0. The van der Waals surface area contributed by atoms with E-state index in [1.54, 1.807) is 6.07 Å². The Morgan fingerprint density at radius 3 is 2.35 bits per heavy atom. The van der Waals surface area contributed by atoms with E-state index >= 15 is 0 Å². The van der Waals surface area contributed by atoms with Crippen LogP contribution in [0.15, 0.2) is 18.2 Å². The second kappa shape index (κ2) is 8.62. The number of hydrogen-bond acceptors (Lipinski definition) is 3. The second-order valence-corrected chi connectivity index (χ2v) is 6.26. The normalized spacial score (nSPS) is 16.5. The molecule has 0 aliphatic carbocycles. The number of rotatable bonds is 6. The van der Waals surface area contributed by atoms with Gasteiger partial charge in [-0.3, -0.25) is 14.6 Å². The van der Waals surface area contributed by atoms with E-state index in [1.807, 2.05) is 18.7 Å². The van der Waals surface area contributed by atoms with Gasteiger partial charge in [-0.05, 0) is 31.5 Å².